The van der Waals surface area contributed by atoms with Gasteiger partial charge in [0.1, 0.15) is 6.61 Å². The van der Waals surface area contributed by atoms with Crippen LogP contribution in [0.2, 0.25) is 5.02 Å². The Morgan fingerprint density at radius 3 is 2.45 bits per heavy atom. The smallest absolute Gasteiger partial charge is 0.335 e. The second-order valence-corrected chi connectivity index (χ2v) is 4.70. The summed E-state index contributed by atoms with van der Waals surface area (Å²) in [6.45, 7) is -0.494. The number of aliphatic carboxylic acids is 1. The number of carbonyl (C=O) groups is 3. The third kappa shape index (κ3) is 6.11. The van der Waals surface area contributed by atoms with Crippen LogP contribution in [-0.4, -0.2) is 49.3 Å². The summed E-state index contributed by atoms with van der Waals surface area (Å²) >= 11 is 5.73. The number of halogens is 1. The molecule has 1 atom stereocenters. The van der Waals surface area contributed by atoms with Crippen LogP contribution < -0.4 is 5.32 Å². The van der Waals surface area contributed by atoms with Gasteiger partial charge in [-0.15, -0.1) is 0 Å². The van der Waals surface area contributed by atoms with Gasteiger partial charge in [0.15, 0.2) is 6.10 Å². The normalized spacial score (nSPS) is 11.5. The summed E-state index contributed by atoms with van der Waals surface area (Å²) in [4.78, 5) is 33.7. The molecule has 8 heteroatoms. The maximum absolute atomic E-state index is 11.8. The molecule has 1 unspecified atom stereocenters. The Balaban J connectivity index is 2.47. The number of amides is 1. The third-order valence-corrected chi connectivity index (χ3v) is 2.92. The minimum absolute atomic E-state index is 0.0965. The van der Waals surface area contributed by atoms with E-state index in [4.69, 9.17) is 21.4 Å². The fourth-order valence-corrected chi connectivity index (χ4v) is 1.72. The highest BCUT2D eigenvalue weighted by atomic mass is 35.5. The van der Waals surface area contributed by atoms with Gasteiger partial charge in [0.25, 0.3) is 5.91 Å². The molecule has 2 N–H and O–H groups in total. The van der Waals surface area contributed by atoms with E-state index >= 15 is 0 Å². The summed E-state index contributed by atoms with van der Waals surface area (Å²) < 4.78 is 9.43. The molecule has 0 aromatic heterocycles. The van der Waals surface area contributed by atoms with Gasteiger partial charge in [-0.3, -0.25) is 4.79 Å². The molecule has 0 bridgehead atoms. The number of hydrogen-bond donors (Lipinski definition) is 2. The lowest BCUT2D eigenvalue weighted by molar-refractivity contribution is -0.159. The first-order valence-electron chi connectivity index (χ1n) is 6.39. The first-order valence-corrected chi connectivity index (χ1v) is 6.77. The zero-order valence-corrected chi connectivity index (χ0v) is 12.6. The number of benzene rings is 1. The average molecular weight is 330 g/mol. The van der Waals surface area contributed by atoms with Crippen molar-refractivity contribution in [1.29, 1.82) is 0 Å². The Morgan fingerprint density at radius 1 is 1.27 bits per heavy atom. The van der Waals surface area contributed by atoms with Crippen molar-refractivity contribution in [2.45, 2.75) is 12.5 Å². The summed E-state index contributed by atoms with van der Waals surface area (Å²) in [5.41, 5.74) is 0.422. The molecule has 0 aliphatic rings. The molecule has 0 saturated carbocycles. The molecule has 7 nitrogen and oxygen atoms in total. The number of methoxy groups -OCH3 is 1. The van der Waals surface area contributed by atoms with Crippen molar-refractivity contribution in [2.24, 2.45) is 0 Å². The second kappa shape index (κ2) is 9.01. The zero-order valence-electron chi connectivity index (χ0n) is 11.9. The minimum Gasteiger partial charge on any atom is -0.480 e. The van der Waals surface area contributed by atoms with E-state index in [0.29, 0.717) is 10.6 Å². The molecule has 1 aromatic carbocycles. The molecular formula is C14H16ClNO6. The van der Waals surface area contributed by atoms with Crippen molar-refractivity contribution in [3.05, 3.63) is 34.9 Å². The van der Waals surface area contributed by atoms with E-state index in [9.17, 15) is 14.4 Å². The maximum atomic E-state index is 11.8. The van der Waals surface area contributed by atoms with E-state index < -0.39 is 24.6 Å². The second-order valence-electron chi connectivity index (χ2n) is 4.27. The number of carbonyl (C=O) groups excluding carboxylic acids is 2. The monoisotopic (exact) mass is 329 g/mol. The molecule has 22 heavy (non-hydrogen) atoms. The predicted octanol–water partition coefficient (Wildman–Crippen LogP) is 1.10. The van der Waals surface area contributed by atoms with Crippen LogP contribution in [0.15, 0.2) is 24.3 Å². The van der Waals surface area contributed by atoms with E-state index in [-0.39, 0.29) is 18.9 Å². The molecule has 1 rings (SSSR count). The largest absolute Gasteiger partial charge is 0.480 e. The zero-order chi connectivity index (χ0) is 16.5. The molecular weight excluding hydrogens is 314 g/mol. The maximum Gasteiger partial charge on any atom is 0.335 e. The van der Waals surface area contributed by atoms with Gasteiger partial charge >= 0.3 is 11.9 Å². The molecule has 0 heterocycles. The SMILES string of the molecule is COC(=O)C(CCNC(=O)c1ccc(Cl)cc1)OCC(=O)O. The first-order chi connectivity index (χ1) is 10.4. The van der Waals surface area contributed by atoms with E-state index in [1.807, 2.05) is 0 Å². The summed E-state index contributed by atoms with van der Waals surface area (Å²) in [6.07, 6.45) is -0.953. The molecule has 0 saturated heterocycles. The van der Waals surface area contributed by atoms with Gasteiger partial charge < -0.3 is 19.9 Å². The molecule has 0 fully saturated rings. The lowest BCUT2D eigenvalue weighted by Gasteiger charge is -2.14. The van der Waals surface area contributed by atoms with Crippen LogP contribution in [0.5, 0.6) is 0 Å². The third-order valence-electron chi connectivity index (χ3n) is 2.67. The van der Waals surface area contributed by atoms with Crippen molar-refractivity contribution < 1.29 is 29.0 Å². The highest BCUT2D eigenvalue weighted by Crippen LogP contribution is 2.09. The standard InChI is InChI=1S/C14H16ClNO6/c1-21-14(20)11(22-8-12(17)18)6-7-16-13(19)9-2-4-10(15)5-3-9/h2-5,11H,6-8H2,1H3,(H,16,19)(H,17,18). The van der Waals surface area contributed by atoms with Crippen molar-refractivity contribution >= 4 is 29.4 Å². The Bertz CT molecular complexity index is 531. The summed E-state index contributed by atoms with van der Waals surface area (Å²) in [7, 11) is 1.17. The number of ether oxygens (including phenoxy) is 2. The van der Waals surface area contributed by atoms with Gasteiger partial charge in [-0.2, -0.15) is 0 Å². The number of rotatable bonds is 8. The van der Waals surface area contributed by atoms with Crippen LogP contribution in [0.4, 0.5) is 0 Å². The molecule has 0 spiro atoms. The van der Waals surface area contributed by atoms with Crippen molar-refractivity contribution in [3.8, 4) is 0 Å². The topological polar surface area (TPSA) is 102 Å². The molecule has 0 aliphatic heterocycles. The molecule has 0 radical (unpaired) electrons. The van der Waals surface area contributed by atoms with Crippen LogP contribution in [0.1, 0.15) is 16.8 Å². The minimum atomic E-state index is -1.20. The van der Waals surface area contributed by atoms with Crippen molar-refractivity contribution in [3.63, 3.8) is 0 Å². The van der Waals surface area contributed by atoms with Crippen LogP contribution in [-0.2, 0) is 19.1 Å². The van der Waals surface area contributed by atoms with Crippen molar-refractivity contribution in [1.82, 2.24) is 5.32 Å². The lowest BCUT2D eigenvalue weighted by Crippen LogP contribution is -2.33. The highest BCUT2D eigenvalue weighted by molar-refractivity contribution is 6.30. The predicted molar refractivity (Wildman–Crippen MR) is 77.8 cm³/mol. The van der Waals surface area contributed by atoms with Crippen LogP contribution in [0.3, 0.4) is 0 Å². The number of carboxylic acids is 1. The first kappa shape index (κ1) is 17.9. The summed E-state index contributed by atoms with van der Waals surface area (Å²) in [6, 6.07) is 6.31. The van der Waals surface area contributed by atoms with Crippen LogP contribution in [0.25, 0.3) is 0 Å². The van der Waals surface area contributed by atoms with Gasteiger partial charge in [-0.05, 0) is 24.3 Å². The Hall–Kier alpha value is -2.12. The van der Waals surface area contributed by atoms with Crippen LogP contribution >= 0.6 is 11.6 Å². The van der Waals surface area contributed by atoms with Crippen LogP contribution in [0, 0.1) is 0 Å². The lowest BCUT2D eigenvalue weighted by atomic mass is 10.2. The molecule has 120 valence electrons. The Kier molecular flexibility index (Phi) is 7.34. The fourth-order valence-electron chi connectivity index (χ4n) is 1.59. The van der Waals surface area contributed by atoms with Gasteiger partial charge in [0, 0.05) is 23.6 Å². The molecule has 1 amide bonds. The highest BCUT2D eigenvalue weighted by Gasteiger charge is 2.21. The van der Waals surface area contributed by atoms with E-state index in [1.54, 1.807) is 24.3 Å². The molecule has 0 aliphatic carbocycles. The van der Waals surface area contributed by atoms with E-state index in [2.05, 4.69) is 10.1 Å². The Morgan fingerprint density at radius 2 is 1.91 bits per heavy atom. The van der Waals surface area contributed by atoms with Gasteiger partial charge in [0.05, 0.1) is 7.11 Å². The van der Waals surface area contributed by atoms with Gasteiger partial charge in [-0.25, -0.2) is 9.59 Å². The number of esters is 1. The quantitative estimate of drug-likeness (QED) is 0.692. The average Bonchev–Trinajstić information content (AvgIpc) is 2.50. The summed E-state index contributed by atoms with van der Waals surface area (Å²) in [5, 5.41) is 11.7. The van der Waals surface area contributed by atoms with Crippen molar-refractivity contribution in [2.75, 3.05) is 20.3 Å². The Labute approximate surface area is 132 Å². The van der Waals surface area contributed by atoms with Gasteiger partial charge in [0.2, 0.25) is 0 Å². The number of nitrogens with one attached hydrogen (secondary N) is 1. The fraction of sp³-hybridized carbons (Fsp3) is 0.357. The number of carboxylic acid groups (broad SMARTS) is 1. The summed E-state index contributed by atoms with van der Waals surface area (Å²) in [5.74, 6) is -2.22. The van der Waals surface area contributed by atoms with E-state index in [0.717, 1.165) is 0 Å². The van der Waals surface area contributed by atoms with E-state index in [1.165, 1.54) is 7.11 Å². The number of hydrogen-bond acceptors (Lipinski definition) is 5. The van der Waals surface area contributed by atoms with Gasteiger partial charge in [-0.1, -0.05) is 11.6 Å². The molecule has 1 aromatic rings.